The zero-order valence-corrected chi connectivity index (χ0v) is 19.1. The van der Waals surface area contributed by atoms with Gasteiger partial charge in [0.15, 0.2) is 0 Å². The fourth-order valence-corrected chi connectivity index (χ4v) is 3.93. The van der Waals surface area contributed by atoms with Crippen LogP contribution in [-0.2, 0) is 17.8 Å². The molecule has 1 heterocycles. The number of carbonyl (C=O) groups excluding carboxylic acids is 1. The van der Waals surface area contributed by atoms with Crippen LogP contribution in [0.3, 0.4) is 0 Å². The number of likely N-dealkylation sites (tertiary alicyclic amines) is 1. The standard InChI is InChI=1S/C24H32ClN3O4/c1-24(31,16-32-22-13-21(29)7-4-18(22)12-23(26)30)15-27-20-8-10-28(11-9-20)14-17-2-5-19(25)6-3-17/h2-7,13,20,27,29,31H,8-12,14-16H2,1H3,(H2,26,30). The average Bonchev–Trinajstić information content (AvgIpc) is 2.75. The molecule has 1 amide bonds. The van der Waals surface area contributed by atoms with Gasteiger partial charge in [0.05, 0.1) is 6.42 Å². The molecule has 0 saturated carbocycles. The Morgan fingerprint density at radius 2 is 1.94 bits per heavy atom. The molecule has 2 aromatic rings. The molecule has 0 aliphatic carbocycles. The van der Waals surface area contributed by atoms with Gasteiger partial charge in [0.2, 0.25) is 5.91 Å². The van der Waals surface area contributed by atoms with Gasteiger partial charge >= 0.3 is 0 Å². The van der Waals surface area contributed by atoms with Crippen molar-refractivity contribution in [1.82, 2.24) is 10.2 Å². The van der Waals surface area contributed by atoms with Crippen LogP contribution in [0.2, 0.25) is 5.02 Å². The maximum absolute atomic E-state index is 11.3. The highest BCUT2D eigenvalue weighted by Crippen LogP contribution is 2.25. The average molecular weight is 462 g/mol. The largest absolute Gasteiger partial charge is 0.508 e. The van der Waals surface area contributed by atoms with Crippen molar-refractivity contribution < 1.29 is 19.7 Å². The first-order valence-electron chi connectivity index (χ1n) is 10.9. The van der Waals surface area contributed by atoms with Crippen molar-refractivity contribution in [3.05, 3.63) is 58.6 Å². The number of aromatic hydroxyl groups is 1. The molecular formula is C24H32ClN3O4. The Balaban J connectivity index is 1.43. The van der Waals surface area contributed by atoms with Crippen molar-refractivity contribution in [2.75, 3.05) is 26.2 Å². The number of phenols is 1. The molecule has 5 N–H and O–H groups in total. The lowest BCUT2D eigenvalue weighted by molar-refractivity contribution is -0.117. The predicted molar refractivity (Wildman–Crippen MR) is 125 cm³/mol. The van der Waals surface area contributed by atoms with Gasteiger partial charge in [-0.25, -0.2) is 0 Å². The number of aliphatic hydroxyl groups is 1. The summed E-state index contributed by atoms with van der Waals surface area (Å²) in [6, 6.07) is 12.8. The van der Waals surface area contributed by atoms with Crippen LogP contribution >= 0.6 is 11.6 Å². The second kappa shape index (κ2) is 11.0. The number of amides is 1. The van der Waals surface area contributed by atoms with Crippen molar-refractivity contribution in [3.8, 4) is 11.5 Å². The summed E-state index contributed by atoms with van der Waals surface area (Å²) in [5.74, 6) is -0.118. The maximum Gasteiger partial charge on any atom is 0.221 e. The molecule has 1 aliphatic heterocycles. The number of nitrogens with one attached hydrogen (secondary N) is 1. The normalized spacial score (nSPS) is 17.1. The van der Waals surface area contributed by atoms with E-state index in [-0.39, 0.29) is 18.8 Å². The Bertz CT molecular complexity index is 897. The van der Waals surface area contributed by atoms with Crippen LogP contribution in [0, 0.1) is 0 Å². The minimum atomic E-state index is -1.12. The van der Waals surface area contributed by atoms with Crippen LogP contribution in [0.1, 0.15) is 30.9 Å². The Morgan fingerprint density at radius 1 is 1.25 bits per heavy atom. The van der Waals surface area contributed by atoms with Crippen LogP contribution < -0.4 is 15.8 Å². The molecule has 0 bridgehead atoms. The monoisotopic (exact) mass is 461 g/mol. The first kappa shape index (κ1) is 24.3. The number of rotatable bonds is 10. The van der Waals surface area contributed by atoms with Gasteiger partial charge in [-0.05, 0) is 56.6 Å². The van der Waals surface area contributed by atoms with E-state index >= 15 is 0 Å². The molecule has 1 atom stereocenters. The van der Waals surface area contributed by atoms with E-state index in [1.807, 2.05) is 12.1 Å². The highest BCUT2D eigenvalue weighted by atomic mass is 35.5. The Kier molecular flexibility index (Phi) is 8.37. The van der Waals surface area contributed by atoms with Gasteiger partial charge in [0.25, 0.3) is 0 Å². The molecule has 1 unspecified atom stereocenters. The maximum atomic E-state index is 11.3. The lowest BCUT2D eigenvalue weighted by Gasteiger charge is -2.34. The highest BCUT2D eigenvalue weighted by molar-refractivity contribution is 6.30. The molecule has 8 heteroatoms. The van der Waals surface area contributed by atoms with E-state index in [2.05, 4.69) is 22.3 Å². The van der Waals surface area contributed by atoms with Gasteiger partial charge < -0.3 is 26.0 Å². The zero-order chi connectivity index (χ0) is 23.1. The number of halogens is 1. The van der Waals surface area contributed by atoms with Gasteiger partial charge in [-0.1, -0.05) is 29.8 Å². The Morgan fingerprint density at radius 3 is 2.59 bits per heavy atom. The second-order valence-corrected chi connectivity index (χ2v) is 9.21. The Labute approximate surface area is 194 Å². The number of primary amides is 1. The number of hydrogen-bond acceptors (Lipinski definition) is 6. The molecule has 3 rings (SSSR count). The van der Waals surface area contributed by atoms with Crippen LogP contribution in [0.4, 0.5) is 0 Å². The molecule has 0 spiro atoms. The number of phenolic OH excluding ortho intramolecular Hbond substituents is 1. The van der Waals surface area contributed by atoms with Crippen molar-refractivity contribution in [3.63, 3.8) is 0 Å². The lowest BCUT2D eigenvalue weighted by atomic mass is 10.0. The SMILES string of the molecule is CC(O)(CNC1CCN(Cc2ccc(Cl)cc2)CC1)COc1cc(O)ccc1CC(N)=O. The third-order valence-electron chi connectivity index (χ3n) is 5.63. The molecule has 7 nitrogen and oxygen atoms in total. The highest BCUT2D eigenvalue weighted by Gasteiger charge is 2.26. The molecule has 2 aromatic carbocycles. The number of hydrogen-bond donors (Lipinski definition) is 4. The predicted octanol–water partition coefficient (Wildman–Crippen LogP) is 2.46. The summed E-state index contributed by atoms with van der Waals surface area (Å²) in [5.41, 5.74) is 5.99. The van der Waals surface area contributed by atoms with Gasteiger partial charge in [0.1, 0.15) is 23.7 Å². The van der Waals surface area contributed by atoms with E-state index in [0.717, 1.165) is 37.5 Å². The summed E-state index contributed by atoms with van der Waals surface area (Å²) < 4.78 is 5.74. The molecule has 0 aromatic heterocycles. The minimum Gasteiger partial charge on any atom is -0.508 e. The molecule has 32 heavy (non-hydrogen) atoms. The summed E-state index contributed by atoms with van der Waals surface area (Å²) in [6.07, 6.45) is 2.00. The summed E-state index contributed by atoms with van der Waals surface area (Å²) in [7, 11) is 0. The van der Waals surface area contributed by atoms with E-state index in [4.69, 9.17) is 22.1 Å². The molecule has 1 aliphatic rings. The van der Waals surface area contributed by atoms with E-state index in [9.17, 15) is 15.0 Å². The number of nitrogens with two attached hydrogens (primary N) is 1. The summed E-state index contributed by atoms with van der Waals surface area (Å²) in [6.45, 7) is 4.97. The van der Waals surface area contributed by atoms with Crippen molar-refractivity contribution >= 4 is 17.5 Å². The first-order valence-corrected chi connectivity index (χ1v) is 11.2. The Hall–Kier alpha value is -2.32. The molecule has 0 radical (unpaired) electrons. The van der Waals surface area contributed by atoms with E-state index in [0.29, 0.717) is 23.9 Å². The van der Waals surface area contributed by atoms with E-state index < -0.39 is 11.5 Å². The van der Waals surface area contributed by atoms with Gasteiger partial charge in [-0.3, -0.25) is 9.69 Å². The van der Waals surface area contributed by atoms with Crippen LogP contribution in [-0.4, -0.2) is 58.9 Å². The third-order valence-corrected chi connectivity index (χ3v) is 5.88. The fourth-order valence-electron chi connectivity index (χ4n) is 3.80. The molecule has 1 fully saturated rings. The first-order chi connectivity index (χ1) is 15.2. The van der Waals surface area contributed by atoms with Crippen molar-refractivity contribution in [2.45, 2.75) is 44.4 Å². The number of carbonyl (C=O) groups is 1. The number of piperidine rings is 1. The quantitative estimate of drug-likeness (QED) is 0.433. The summed E-state index contributed by atoms with van der Waals surface area (Å²) in [4.78, 5) is 13.7. The third kappa shape index (κ3) is 7.67. The summed E-state index contributed by atoms with van der Waals surface area (Å²) >= 11 is 5.96. The van der Waals surface area contributed by atoms with E-state index in [1.54, 1.807) is 13.0 Å². The van der Waals surface area contributed by atoms with Crippen LogP contribution in [0.25, 0.3) is 0 Å². The number of ether oxygens (including phenoxy) is 1. The lowest BCUT2D eigenvalue weighted by Crippen LogP contribution is -2.49. The number of nitrogens with zero attached hydrogens (tertiary/aromatic N) is 1. The van der Waals surface area contributed by atoms with Gasteiger partial charge in [0, 0.05) is 35.8 Å². The summed E-state index contributed by atoms with van der Waals surface area (Å²) in [5, 5.41) is 24.7. The number of benzene rings is 2. The second-order valence-electron chi connectivity index (χ2n) is 8.78. The smallest absolute Gasteiger partial charge is 0.221 e. The van der Waals surface area contributed by atoms with Crippen LogP contribution in [0.15, 0.2) is 42.5 Å². The van der Waals surface area contributed by atoms with Gasteiger partial charge in [-0.15, -0.1) is 0 Å². The van der Waals surface area contributed by atoms with Crippen molar-refractivity contribution in [1.29, 1.82) is 0 Å². The fraction of sp³-hybridized carbons (Fsp3) is 0.458. The minimum absolute atomic E-state index is 0.00456. The molecular weight excluding hydrogens is 430 g/mol. The molecule has 174 valence electrons. The zero-order valence-electron chi connectivity index (χ0n) is 18.4. The topological polar surface area (TPSA) is 108 Å². The van der Waals surface area contributed by atoms with Crippen LogP contribution in [0.5, 0.6) is 11.5 Å². The van der Waals surface area contributed by atoms with Crippen molar-refractivity contribution in [2.24, 2.45) is 5.73 Å². The molecule has 1 saturated heterocycles. The van der Waals surface area contributed by atoms with Gasteiger partial charge in [-0.2, -0.15) is 0 Å². The van der Waals surface area contributed by atoms with E-state index in [1.165, 1.54) is 17.7 Å².